The third kappa shape index (κ3) is 4.66. The molecule has 1 aliphatic heterocycles. The van der Waals surface area contributed by atoms with Gasteiger partial charge in [-0.1, -0.05) is 30.4 Å². The molecule has 0 radical (unpaired) electrons. The van der Waals surface area contributed by atoms with E-state index in [1.54, 1.807) is 35.2 Å². The number of nitrogens with zero attached hydrogens (tertiary/aromatic N) is 3. The van der Waals surface area contributed by atoms with Crippen molar-refractivity contribution in [1.82, 2.24) is 19.4 Å². The van der Waals surface area contributed by atoms with Gasteiger partial charge in [-0.25, -0.2) is 9.18 Å². The van der Waals surface area contributed by atoms with Gasteiger partial charge in [0, 0.05) is 32.2 Å². The van der Waals surface area contributed by atoms with Gasteiger partial charge >= 0.3 is 5.69 Å². The average molecular weight is 451 g/mol. The summed E-state index contributed by atoms with van der Waals surface area (Å²) in [6.45, 7) is 6.72. The molecule has 8 heteroatoms. The van der Waals surface area contributed by atoms with E-state index in [-0.39, 0.29) is 24.1 Å². The summed E-state index contributed by atoms with van der Waals surface area (Å²) in [6, 6.07) is 11.3. The van der Waals surface area contributed by atoms with E-state index in [1.807, 2.05) is 13.0 Å². The summed E-state index contributed by atoms with van der Waals surface area (Å²) < 4.78 is 16.1. The van der Waals surface area contributed by atoms with E-state index in [4.69, 9.17) is 0 Å². The maximum absolute atomic E-state index is 14.7. The van der Waals surface area contributed by atoms with E-state index >= 15 is 0 Å². The maximum atomic E-state index is 14.7. The van der Waals surface area contributed by atoms with Crippen molar-refractivity contribution < 1.29 is 9.18 Å². The van der Waals surface area contributed by atoms with Crippen molar-refractivity contribution in [3.63, 3.8) is 0 Å². The zero-order chi connectivity index (χ0) is 23.5. The normalized spacial score (nSPS) is 17.2. The molecular formula is C25H27FN4O3. The number of nitrogens with one attached hydrogen (secondary N) is 1. The van der Waals surface area contributed by atoms with Crippen LogP contribution in [0.4, 0.5) is 4.39 Å². The Morgan fingerprint density at radius 3 is 2.73 bits per heavy atom. The molecule has 7 nitrogen and oxygen atoms in total. The molecule has 2 aromatic carbocycles. The number of hydrogen-bond donors (Lipinski definition) is 1. The Morgan fingerprint density at radius 1 is 1.18 bits per heavy atom. The van der Waals surface area contributed by atoms with E-state index in [0.29, 0.717) is 29.6 Å². The monoisotopic (exact) mass is 450 g/mol. The number of para-hydroxylation sites is 1. The molecule has 1 aliphatic rings. The number of halogens is 1. The molecule has 0 aliphatic carbocycles. The number of aromatic nitrogens is 2. The second kappa shape index (κ2) is 9.54. The minimum atomic E-state index is -0.591. The number of rotatable bonds is 5. The van der Waals surface area contributed by atoms with Gasteiger partial charge in [-0.2, -0.15) is 0 Å². The van der Waals surface area contributed by atoms with Crippen molar-refractivity contribution >= 4 is 16.8 Å². The van der Waals surface area contributed by atoms with Gasteiger partial charge in [0.2, 0.25) is 0 Å². The largest absolute Gasteiger partial charge is 0.336 e. The highest BCUT2D eigenvalue weighted by atomic mass is 19.1. The first kappa shape index (κ1) is 22.7. The lowest BCUT2D eigenvalue weighted by Gasteiger charge is -2.39. The van der Waals surface area contributed by atoms with Crippen molar-refractivity contribution in [1.29, 1.82) is 0 Å². The van der Waals surface area contributed by atoms with E-state index < -0.39 is 17.1 Å². The van der Waals surface area contributed by atoms with Gasteiger partial charge in [-0.15, -0.1) is 0 Å². The molecule has 0 unspecified atom stereocenters. The molecule has 2 heterocycles. The van der Waals surface area contributed by atoms with Crippen LogP contribution in [0.5, 0.6) is 0 Å². The Labute approximate surface area is 190 Å². The highest BCUT2D eigenvalue weighted by molar-refractivity contribution is 5.94. The predicted molar refractivity (Wildman–Crippen MR) is 126 cm³/mol. The number of carbonyl (C=O) groups is 1. The number of allylic oxidation sites excluding steroid dienone is 1. The van der Waals surface area contributed by atoms with Gasteiger partial charge in [-0.3, -0.25) is 24.0 Å². The fraction of sp³-hybridized carbons (Fsp3) is 0.320. The number of piperazine rings is 1. The molecule has 0 spiro atoms. The molecule has 1 fully saturated rings. The summed E-state index contributed by atoms with van der Waals surface area (Å²) in [5.74, 6) is -0.947. The summed E-state index contributed by atoms with van der Waals surface area (Å²) in [4.78, 5) is 44.0. The first-order chi connectivity index (χ1) is 15.9. The Hall–Kier alpha value is -3.52. The topological polar surface area (TPSA) is 78.4 Å². The van der Waals surface area contributed by atoms with Gasteiger partial charge in [0.05, 0.1) is 23.0 Å². The predicted octanol–water partition coefficient (Wildman–Crippen LogP) is 2.60. The number of amides is 1. The summed E-state index contributed by atoms with van der Waals surface area (Å²) in [6.07, 6.45) is 4.08. The molecule has 172 valence electrons. The van der Waals surface area contributed by atoms with E-state index in [9.17, 15) is 18.8 Å². The molecule has 1 aromatic heterocycles. The van der Waals surface area contributed by atoms with Gasteiger partial charge < -0.3 is 4.90 Å². The zero-order valence-corrected chi connectivity index (χ0v) is 18.8. The second-order valence-electron chi connectivity index (χ2n) is 8.34. The lowest BCUT2D eigenvalue weighted by atomic mass is 10.1. The number of fused-ring (bicyclic) bond motifs is 1. The second-order valence-corrected chi connectivity index (χ2v) is 8.34. The first-order valence-corrected chi connectivity index (χ1v) is 11.0. The third-order valence-corrected chi connectivity index (χ3v) is 6.13. The van der Waals surface area contributed by atoms with Crippen LogP contribution in [0, 0.1) is 5.82 Å². The molecule has 33 heavy (non-hydrogen) atoms. The van der Waals surface area contributed by atoms with Crippen LogP contribution in [-0.4, -0.2) is 57.5 Å². The van der Waals surface area contributed by atoms with Crippen molar-refractivity contribution in [3.05, 3.63) is 92.4 Å². The lowest BCUT2D eigenvalue weighted by molar-refractivity contribution is 0.0538. The van der Waals surface area contributed by atoms with Crippen LogP contribution in [0.2, 0.25) is 0 Å². The van der Waals surface area contributed by atoms with Crippen LogP contribution in [0.3, 0.4) is 0 Å². The van der Waals surface area contributed by atoms with Crippen LogP contribution in [0.15, 0.2) is 64.2 Å². The first-order valence-electron chi connectivity index (χ1n) is 11.0. The van der Waals surface area contributed by atoms with Crippen molar-refractivity contribution in [3.8, 4) is 0 Å². The standard InChI is InChI=1S/C25H27FN4O3/c1-3-4-11-28-12-13-29(15-17(28)2)24(32)20-14-18(9-10-21(20)26)16-30-22-8-6-5-7-19(22)23(31)27-25(30)33/h3-10,14,17H,11-13,15-16H2,1-2H3,(H,27,31,33)/t17-/m0/s1. The van der Waals surface area contributed by atoms with Crippen LogP contribution < -0.4 is 11.2 Å². The minimum Gasteiger partial charge on any atom is -0.336 e. The third-order valence-electron chi connectivity index (χ3n) is 6.13. The number of benzene rings is 2. The lowest BCUT2D eigenvalue weighted by Crippen LogP contribution is -2.53. The van der Waals surface area contributed by atoms with Crippen LogP contribution in [-0.2, 0) is 6.54 Å². The number of H-pyrrole nitrogens is 1. The van der Waals surface area contributed by atoms with Crippen LogP contribution in [0.1, 0.15) is 29.8 Å². The Bertz CT molecular complexity index is 1330. The molecule has 1 amide bonds. The highest BCUT2D eigenvalue weighted by Crippen LogP contribution is 2.18. The Kier molecular flexibility index (Phi) is 6.55. The Balaban J connectivity index is 1.60. The molecule has 1 atom stereocenters. The summed E-state index contributed by atoms with van der Waals surface area (Å²) in [7, 11) is 0. The molecule has 0 saturated carbocycles. The number of hydrogen-bond acceptors (Lipinski definition) is 4. The minimum absolute atomic E-state index is 0.0108. The summed E-state index contributed by atoms with van der Waals surface area (Å²) >= 11 is 0. The van der Waals surface area contributed by atoms with Gasteiger partial charge in [0.25, 0.3) is 11.5 Å². The maximum Gasteiger partial charge on any atom is 0.329 e. The van der Waals surface area contributed by atoms with Gasteiger partial charge in [-0.05, 0) is 43.7 Å². The van der Waals surface area contributed by atoms with E-state index in [2.05, 4.69) is 22.9 Å². The fourth-order valence-corrected chi connectivity index (χ4v) is 4.28. The highest BCUT2D eigenvalue weighted by Gasteiger charge is 2.28. The van der Waals surface area contributed by atoms with Gasteiger partial charge in [0.15, 0.2) is 0 Å². The molecule has 1 saturated heterocycles. The van der Waals surface area contributed by atoms with Crippen molar-refractivity contribution in [2.24, 2.45) is 0 Å². The summed E-state index contributed by atoms with van der Waals surface area (Å²) in [5.41, 5.74) is 0.0585. The quantitative estimate of drug-likeness (QED) is 0.606. The van der Waals surface area contributed by atoms with Crippen LogP contribution in [0.25, 0.3) is 10.9 Å². The Morgan fingerprint density at radius 2 is 1.97 bits per heavy atom. The number of carbonyl (C=O) groups excluding carboxylic acids is 1. The number of aromatic amines is 1. The van der Waals surface area contributed by atoms with Gasteiger partial charge in [0.1, 0.15) is 5.82 Å². The van der Waals surface area contributed by atoms with E-state index in [1.165, 1.54) is 16.7 Å². The molecule has 4 rings (SSSR count). The molecular weight excluding hydrogens is 423 g/mol. The smallest absolute Gasteiger partial charge is 0.329 e. The fourth-order valence-electron chi connectivity index (χ4n) is 4.28. The molecule has 3 aromatic rings. The average Bonchev–Trinajstić information content (AvgIpc) is 2.81. The van der Waals surface area contributed by atoms with Crippen molar-refractivity contribution in [2.75, 3.05) is 26.2 Å². The van der Waals surface area contributed by atoms with Crippen LogP contribution >= 0.6 is 0 Å². The zero-order valence-electron chi connectivity index (χ0n) is 18.8. The molecule has 1 N–H and O–H groups in total. The van der Waals surface area contributed by atoms with E-state index in [0.717, 1.165) is 13.1 Å². The summed E-state index contributed by atoms with van der Waals surface area (Å²) in [5, 5.41) is 0.389. The van der Waals surface area contributed by atoms with Crippen molar-refractivity contribution in [2.45, 2.75) is 26.4 Å². The SMILES string of the molecule is CC=CCN1CCN(C(=O)c2cc(Cn3c(=O)[nH]c(=O)c4ccccc43)ccc2F)C[C@@H]1C. The molecule has 0 bridgehead atoms.